The Bertz CT molecular complexity index is 565. The van der Waals surface area contributed by atoms with Gasteiger partial charge < -0.3 is 10.1 Å². The Balaban J connectivity index is 2.14. The Morgan fingerprint density at radius 1 is 1.37 bits per heavy atom. The lowest BCUT2D eigenvalue weighted by Crippen LogP contribution is -2.13. The molecule has 0 aliphatic heterocycles. The lowest BCUT2D eigenvalue weighted by atomic mass is 10.3. The van der Waals surface area contributed by atoms with Gasteiger partial charge >= 0.3 is 0 Å². The van der Waals surface area contributed by atoms with Crippen LogP contribution in [-0.4, -0.2) is 16.5 Å². The van der Waals surface area contributed by atoms with Crippen LogP contribution in [0.3, 0.4) is 0 Å². The van der Waals surface area contributed by atoms with E-state index in [1.807, 2.05) is 13.0 Å². The number of benzene rings is 1. The molecule has 19 heavy (non-hydrogen) atoms. The third kappa shape index (κ3) is 4.16. The van der Waals surface area contributed by atoms with Crippen LogP contribution >= 0.6 is 27.5 Å². The first-order valence-corrected chi connectivity index (χ1v) is 7.00. The van der Waals surface area contributed by atoms with Gasteiger partial charge in [0, 0.05) is 17.2 Å². The fraction of sp³-hybridized carbons (Fsp3) is 0.231. The third-order valence-corrected chi connectivity index (χ3v) is 3.12. The van der Waals surface area contributed by atoms with Gasteiger partial charge in [-0.1, -0.05) is 34.5 Å². The number of nitrogens with zero attached hydrogens (tertiary/aromatic N) is 2. The second-order valence-electron chi connectivity index (χ2n) is 3.81. The predicted molar refractivity (Wildman–Crippen MR) is 78.6 cm³/mol. The molecule has 1 aromatic carbocycles. The van der Waals surface area contributed by atoms with Gasteiger partial charge in [-0.25, -0.2) is 4.98 Å². The van der Waals surface area contributed by atoms with E-state index in [0.29, 0.717) is 23.2 Å². The van der Waals surface area contributed by atoms with Crippen LogP contribution in [0, 0.1) is 0 Å². The molecule has 100 valence electrons. The van der Waals surface area contributed by atoms with Crippen LogP contribution in [0.1, 0.15) is 12.6 Å². The van der Waals surface area contributed by atoms with E-state index < -0.39 is 0 Å². The molecule has 0 radical (unpaired) electrons. The van der Waals surface area contributed by atoms with Gasteiger partial charge in [-0.05, 0) is 24.7 Å². The van der Waals surface area contributed by atoms with Crippen molar-refractivity contribution in [1.82, 2.24) is 15.3 Å². The molecular weight excluding hydrogens is 330 g/mol. The quantitative estimate of drug-likeness (QED) is 0.898. The van der Waals surface area contributed by atoms with Gasteiger partial charge in [0.25, 0.3) is 0 Å². The Labute approximate surface area is 125 Å². The SMILES string of the molecule is CCNCc1cncc(Oc2ccc(Br)cc2Cl)n1. The fourth-order valence-corrected chi connectivity index (χ4v) is 2.16. The Kier molecular flexibility index (Phi) is 5.13. The summed E-state index contributed by atoms with van der Waals surface area (Å²) in [6.07, 6.45) is 3.27. The third-order valence-electron chi connectivity index (χ3n) is 2.33. The molecule has 0 fully saturated rings. The van der Waals surface area contributed by atoms with Crippen molar-refractivity contribution in [3.05, 3.63) is 45.8 Å². The van der Waals surface area contributed by atoms with Gasteiger partial charge in [0.2, 0.25) is 5.88 Å². The standard InChI is InChI=1S/C13H13BrClN3O/c1-2-16-6-10-7-17-8-13(18-10)19-12-4-3-9(14)5-11(12)15/h3-5,7-8,16H,2,6H2,1H3. The minimum atomic E-state index is 0.430. The molecule has 2 rings (SSSR count). The summed E-state index contributed by atoms with van der Waals surface area (Å²) >= 11 is 9.43. The van der Waals surface area contributed by atoms with Crippen LogP contribution in [0.5, 0.6) is 11.6 Å². The van der Waals surface area contributed by atoms with E-state index in [9.17, 15) is 0 Å². The molecule has 2 aromatic rings. The largest absolute Gasteiger partial charge is 0.436 e. The van der Waals surface area contributed by atoms with Crippen molar-refractivity contribution in [2.24, 2.45) is 0 Å². The van der Waals surface area contributed by atoms with Crippen LogP contribution in [0.2, 0.25) is 5.02 Å². The Morgan fingerprint density at radius 3 is 2.95 bits per heavy atom. The van der Waals surface area contributed by atoms with Crippen molar-refractivity contribution < 1.29 is 4.74 Å². The molecule has 1 heterocycles. The van der Waals surface area contributed by atoms with Crippen LogP contribution < -0.4 is 10.1 Å². The zero-order chi connectivity index (χ0) is 13.7. The molecule has 1 N–H and O–H groups in total. The highest BCUT2D eigenvalue weighted by atomic mass is 79.9. The van der Waals surface area contributed by atoms with Gasteiger partial charge in [-0.3, -0.25) is 4.98 Å². The normalized spacial score (nSPS) is 10.5. The van der Waals surface area contributed by atoms with Crippen molar-refractivity contribution in [1.29, 1.82) is 0 Å². The number of nitrogens with one attached hydrogen (secondary N) is 1. The number of ether oxygens (including phenoxy) is 1. The van der Waals surface area contributed by atoms with Crippen LogP contribution in [-0.2, 0) is 6.54 Å². The van der Waals surface area contributed by atoms with Gasteiger partial charge in [0.15, 0.2) is 0 Å². The molecule has 6 heteroatoms. The maximum Gasteiger partial charge on any atom is 0.238 e. The second kappa shape index (κ2) is 6.84. The molecule has 0 amide bonds. The van der Waals surface area contributed by atoms with Crippen LogP contribution in [0.4, 0.5) is 0 Å². The average molecular weight is 343 g/mol. The van der Waals surface area contributed by atoms with Gasteiger partial charge in [-0.15, -0.1) is 0 Å². The van der Waals surface area contributed by atoms with Gasteiger partial charge in [-0.2, -0.15) is 0 Å². The summed E-state index contributed by atoms with van der Waals surface area (Å²) in [7, 11) is 0. The first kappa shape index (κ1) is 14.2. The number of aromatic nitrogens is 2. The van der Waals surface area contributed by atoms with E-state index in [1.165, 1.54) is 0 Å². The topological polar surface area (TPSA) is 47.0 Å². The molecule has 0 unspecified atom stereocenters. The lowest BCUT2D eigenvalue weighted by molar-refractivity contribution is 0.456. The zero-order valence-electron chi connectivity index (χ0n) is 10.4. The number of halogens is 2. The minimum Gasteiger partial charge on any atom is -0.436 e. The molecule has 0 spiro atoms. The van der Waals surface area contributed by atoms with Crippen molar-refractivity contribution in [2.45, 2.75) is 13.5 Å². The maximum absolute atomic E-state index is 6.09. The highest BCUT2D eigenvalue weighted by molar-refractivity contribution is 9.10. The van der Waals surface area contributed by atoms with Crippen LogP contribution in [0.25, 0.3) is 0 Å². The first-order chi connectivity index (χ1) is 9.19. The number of hydrogen-bond donors (Lipinski definition) is 1. The molecule has 0 aliphatic rings. The Morgan fingerprint density at radius 2 is 2.21 bits per heavy atom. The first-order valence-electron chi connectivity index (χ1n) is 5.83. The van der Waals surface area contributed by atoms with E-state index in [-0.39, 0.29) is 0 Å². The monoisotopic (exact) mass is 341 g/mol. The molecule has 0 saturated carbocycles. The molecular formula is C13H13BrClN3O. The summed E-state index contributed by atoms with van der Waals surface area (Å²) < 4.78 is 6.53. The molecule has 0 bridgehead atoms. The van der Waals surface area contributed by atoms with E-state index in [1.54, 1.807) is 24.5 Å². The van der Waals surface area contributed by atoms with E-state index in [4.69, 9.17) is 16.3 Å². The molecule has 4 nitrogen and oxygen atoms in total. The Hall–Kier alpha value is -1.17. The van der Waals surface area contributed by atoms with Crippen molar-refractivity contribution in [3.63, 3.8) is 0 Å². The minimum absolute atomic E-state index is 0.430. The summed E-state index contributed by atoms with van der Waals surface area (Å²) in [5, 5.41) is 3.71. The zero-order valence-corrected chi connectivity index (χ0v) is 12.7. The fourth-order valence-electron chi connectivity index (χ4n) is 1.44. The van der Waals surface area contributed by atoms with E-state index in [0.717, 1.165) is 16.7 Å². The molecule has 0 atom stereocenters. The van der Waals surface area contributed by atoms with E-state index >= 15 is 0 Å². The van der Waals surface area contributed by atoms with Crippen molar-refractivity contribution in [3.8, 4) is 11.6 Å². The average Bonchev–Trinajstić information content (AvgIpc) is 2.40. The lowest BCUT2D eigenvalue weighted by Gasteiger charge is -2.08. The summed E-state index contributed by atoms with van der Waals surface area (Å²) in [6.45, 7) is 3.58. The molecule has 1 aromatic heterocycles. The molecule has 0 saturated heterocycles. The highest BCUT2D eigenvalue weighted by Gasteiger charge is 2.06. The van der Waals surface area contributed by atoms with Crippen molar-refractivity contribution >= 4 is 27.5 Å². The van der Waals surface area contributed by atoms with E-state index in [2.05, 4.69) is 31.2 Å². The maximum atomic E-state index is 6.09. The summed E-state index contributed by atoms with van der Waals surface area (Å²) in [4.78, 5) is 8.45. The summed E-state index contributed by atoms with van der Waals surface area (Å²) in [5.74, 6) is 0.986. The van der Waals surface area contributed by atoms with Gasteiger partial charge in [0.1, 0.15) is 5.75 Å². The van der Waals surface area contributed by atoms with Gasteiger partial charge in [0.05, 0.1) is 16.9 Å². The van der Waals surface area contributed by atoms with Crippen LogP contribution in [0.15, 0.2) is 35.1 Å². The highest BCUT2D eigenvalue weighted by Crippen LogP contribution is 2.30. The second-order valence-corrected chi connectivity index (χ2v) is 5.13. The smallest absolute Gasteiger partial charge is 0.238 e. The van der Waals surface area contributed by atoms with Crippen molar-refractivity contribution in [2.75, 3.05) is 6.54 Å². The number of hydrogen-bond acceptors (Lipinski definition) is 4. The number of rotatable bonds is 5. The summed E-state index contributed by atoms with van der Waals surface area (Å²) in [6, 6.07) is 5.41. The predicted octanol–water partition coefficient (Wildman–Crippen LogP) is 3.79. The summed E-state index contributed by atoms with van der Waals surface area (Å²) in [5.41, 5.74) is 0.826. The molecule has 0 aliphatic carbocycles.